The number of benzene rings is 1. The molecule has 2 bridgehead atoms. The Balaban J connectivity index is 1.56. The molecule has 120 valence electrons. The molecule has 3 heterocycles. The molecule has 1 fully saturated rings. The number of aromatic nitrogens is 1. The molecule has 1 saturated heterocycles. The highest BCUT2D eigenvalue weighted by Crippen LogP contribution is 2.35. The number of nitrogens with zero attached hydrogens (tertiary/aromatic N) is 2. The number of hydrogen-bond donors (Lipinski definition) is 0. The Labute approximate surface area is 145 Å². The van der Waals surface area contributed by atoms with E-state index >= 15 is 0 Å². The molecule has 0 saturated carbocycles. The number of rotatable bonds is 2. The number of hydrogen-bond acceptors (Lipinski definition) is 2. The van der Waals surface area contributed by atoms with Crippen LogP contribution in [0.3, 0.4) is 0 Å². The zero-order valence-electron chi connectivity index (χ0n) is 12.7. The third-order valence-electron chi connectivity index (χ3n) is 4.95. The molecule has 4 rings (SSSR count). The first-order valence-electron chi connectivity index (χ1n) is 7.96. The molecule has 0 unspecified atom stereocenters. The van der Waals surface area contributed by atoms with E-state index in [4.69, 9.17) is 23.2 Å². The van der Waals surface area contributed by atoms with E-state index in [0.717, 1.165) is 26.2 Å². The van der Waals surface area contributed by atoms with Crippen LogP contribution in [0.4, 0.5) is 0 Å². The lowest BCUT2D eigenvalue weighted by Gasteiger charge is -2.42. The molecule has 23 heavy (non-hydrogen) atoms. The number of fused-ring (bicyclic) bond motifs is 4. The van der Waals surface area contributed by atoms with Crippen LogP contribution in [0.1, 0.15) is 23.6 Å². The average molecular weight is 349 g/mol. The minimum absolute atomic E-state index is 0.134. The molecule has 0 radical (unpaired) electrons. The van der Waals surface area contributed by atoms with Crippen molar-refractivity contribution in [1.29, 1.82) is 0 Å². The van der Waals surface area contributed by atoms with E-state index in [1.54, 1.807) is 6.07 Å². The third-order valence-corrected chi connectivity index (χ3v) is 5.68. The summed E-state index contributed by atoms with van der Waals surface area (Å²) in [5, 5.41) is 1.21. The van der Waals surface area contributed by atoms with Crippen LogP contribution in [0.25, 0.3) is 0 Å². The average Bonchev–Trinajstić information content (AvgIpc) is 2.52. The van der Waals surface area contributed by atoms with Gasteiger partial charge in [0.05, 0.1) is 10.0 Å². The van der Waals surface area contributed by atoms with Crippen LogP contribution in [-0.2, 0) is 13.1 Å². The van der Waals surface area contributed by atoms with Crippen LogP contribution in [-0.4, -0.2) is 22.6 Å². The van der Waals surface area contributed by atoms with Gasteiger partial charge in [-0.2, -0.15) is 0 Å². The summed E-state index contributed by atoms with van der Waals surface area (Å²) < 4.78 is 1.97. The predicted molar refractivity (Wildman–Crippen MR) is 93.3 cm³/mol. The van der Waals surface area contributed by atoms with Crippen LogP contribution >= 0.6 is 23.2 Å². The molecule has 0 aliphatic carbocycles. The molecule has 0 N–H and O–H groups in total. The molecular weight excluding hydrogens is 331 g/mol. The van der Waals surface area contributed by atoms with Gasteiger partial charge in [-0.05, 0) is 36.1 Å². The van der Waals surface area contributed by atoms with Gasteiger partial charge in [-0.25, -0.2) is 0 Å². The molecule has 2 atom stereocenters. The van der Waals surface area contributed by atoms with Gasteiger partial charge in [-0.3, -0.25) is 9.69 Å². The van der Waals surface area contributed by atoms with Crippen LogP contribution in [0.2, 0.25) is 10.0 Å². The smallest absolute Gasteiger partial charge is 0.250 e. The maximum atomic E-state index is 12.1. The highest BCUT2D eigenvalue weighted by molar-refractivity contribution is 6.42. The minimum Gasteiger partial charge on any atom is -0.312 e. The highest BCUT2D eigenvalue weighted by atomic mass is 35.5. The van der Waals surface area contributed by atoms with E-state index in [1.807, 2.05) is 28.8 Å². The molecule has 2 aromatic rings. The Morgan fingerprint density at radius 2 is 1.91 bits per heavy atom. The minimum atomic E-state index is 0.134. The van der Waals surface area contributed by atoms with Crippen LogP contribution in [0.5, 0.6) is 0 Å². The number of likely N-dealkylation sites (tertiary alicyclic amines) is 1. The van der Waals surface area contributed by atoms with Gasteiger partial charge in [-0.1, -0.05) is 35.3 Å². The van der Waals surface area contributed by atoms with Crippen molar-refractivity contribution in [2.24, 2.45) is 5.92 Å². The van der Waals surface area contributed by atoms with Crippen LogP contribution < -0.4 is 5.56 Å². The zero-order chi connectivity index (χ0) is 16.0. The van der Waals surface area contributed by atoms with E-state index in [1.165, 1.54) is 17.7 Å². The molecule has 1 aromatic heterocycles. The van der Waals surface area contributed by atoms with Crippen molar-refractivity contribution in [1.82, 2.24) is 9.47 Å². The summed E-state index contributed by atoms with van der Waals surface area (Å²) in [6, 6.07) is 11.5. The number of piperidine rings is 1. The summed E-state index contributed by atoms with van der Waals surface area (Å²) in [7, 11) is 0. The molecule has 0 amide bonds. The summed E-state index contributed by atoms with van der Waals surface area (Å²) in [6.07, 6.45) is 1.18. The SMILES string of the molecule is O=c1cccc2n1C[C@H]1C[C@@H]2CN(Cc2ccc(Cl)c(Cl)c2)C1. The van der Waals surface area contributed by atoms with E-state index in [-0.39, 0.29) is 5.56 Å². The lowest BCUT2D eigenvalue weighted by Crippen LogP contribution is -2.46. The topological polar surface area (TPSA) is 25.2 Å². The summed E-state index contributed by atoms with van der Waals surface area (Å²) in [5.74, 6) is 0.989. The van der Waals surface area contributed by atoms with Crippen molar-refractivity contribution in [2.45, 2.75) is 25.4 Å². The van der Waals surface area contributed by atoms with Crippen LogP contribution in [0, 0.1) is 5.92 Å². The van der Waals surface area contributed by atoms with E-state index in [2.05, 4.69) is 11.0 Å². The Morgan fingerprint density at radius 1 is 1.04 bits per heavy atom. The van der Waals surface area contributed by atoms with Gasteiger partial charge in [0.2, 0.25) is 0 Å². The third kappa shape index (κ3) is 2.93. The van der Waals surface area contributed by atoms with Crippen molar-refractivity contribution < 1.29 is 0 Å². The van der Waals surface area contributed by atoms with E-state index in [0.29, 0.717) is 21.9 Å². The second kappa shape index (κ2) is 5.97. The normalized spacial score (nSPS) is 23.6. The standard InChI is InChI=1S/C18H18Cl2N2O/c19-15-5-4-12(7-16(15)20)8-21-9-13-6-14(11-21)17-2-1-3-18(23)22(17)10-13/h1-5,7,13-14H,6,8-11H2/t13-,14+/m0/s1. The van der Waals surface area contributed by atoms with E-state index in [9.17, 15) is 4.79 Å². The molecule has 5 heteroatoms. The number of pyridine rings is 1. The van der Waals surface area contributed by atoms with Crippen LogP contribution in [0.15, 0.2) is 41.2 Å². The molecule has 3 nitrogen and oxygen atoms in total. The van der Waals surface area contributed by atoms with Gasteiger partial charge in [0, 0.05) is 43.9 Å². The Kier molecular flexibility index (Phi) is 3.96. The first kappa shape index (κ1) is 15.3. The fraction of sp³-hybridized carbons (Fsp3) is 0.389. The zero-order valence-corrected chi connectivity index (χ0v) is 14.2. The predicted octanol–water partition coefficient (Wildman–Crippen LogP) is 3.77. The fourth-order valence-electron chi connectivity index (χ4n) is 4.02. The van der Waals surface area contributed by atoms with Gasteiger partial charge in [0.25, 0.3) is 5.56 Å². The van der Waals surface area contributed by atoms with Crippen molar-refractivity contribution in [3.63, 3.8) is 0 Å². The Bertz CT molecular complexity index is 802. The molecule has 1 aromatic carbocycles. The first-order chi connectivity index (χ1) is 11.1. The molecule has 2 aliphatic heterocycles. The summed E-state index contributed by atoms with van der Waals surface area (Å²) in [4.78, 5) is 14.5. The summed E-state index contributed by atoms with van der Waals surface area (Å²) in [6.45, 7) is 3.72. The van der Waals surface area contributed by atoms with Crippen molar-refractivity contribution in [2.75, 3.05) is 13.1 Å². The van der Waals surface area contributed by atoms with E-state index < -0.39 is 0 Å². The lowest BCUT2D eigenvalue weighted by atomic mass is 9.83. The Morgan fingerprint density at radius 3 is 2.74 bits per heavy atom. The highest BCUT2D eigenvalue weighted by Gasteiger charge is 2.34. The maximum absolute atomic E-state index is 12.1. The Hall–Kier alpha value is -1.29. The summed E-state index contributed by atoms with van der Waals surface area (Å²) >= 11 is 12.1. The molecular formula is C18H18Cl2N2O. The van der Waals surface area contributed by atoms with Gasteiger partial charge >= 0.3 is 0 Å². The van der Waals surface area contributed by atoms with Gasteiger partial charge < -0.3 is 4.57 Å². The first-order valence-corrected chi connectivity index (χ1v) is 8.72. The number of halogens is 2. The summed E-state index contributed by atoms with van der Waals surface area (Å²) in [5.41, 5.74) is 2.51. The maximum Gasteiger partial charge on any atom is 0.250 e. The second-order valence-corrected chi connectivity index (χ2v) is 7.46. The monoisotopic (exact) mass is 348 g/mol. The van der Waals surface area contributed by atoms with Crippen molar-refractivity contribution in [3.05, 3.63) is 68.1 Å². The molecule has 0 spiro atoms. The molecule has 2 aliphatic rings. The second-order valence-electron chi connectivity index (χ2n) is 6.64. The lowest BCUT2D eigenvalue weighted by molar-refractivity contribution is 0.114. The largest absolute Gasteiger partial charge is 0.312 e. The van der Waals surface area contributed by atoms with Gasteiger partial charge in [0.1, 0.15) is 0 Å². The fourth-order valence-corrected chi connectivity index (χ4v) is 4.34. The van der Waals surface area contributed by atoms with Gasteiger partial charge in [-0.15, -0.1) is 0 Å². The van der Waals surface area contributed by atoms with Crippen molar-refractivity contribution in [3.8, 4) is 0 Å². The van der Waals surface area contributed by atoms with Gasteiger partial charge in [0.15, 0.2) is 0 Å². The quantitative estimate of drug-likeness (QED) is 0.825. The van der Waals surface area contributed by atoms with Crippen molar-refractivity contribution >= 4 is 23.2 Å².